The first-order valence-corrected chi connectivity index (χ1v) is 9.40. The Morgan fingerprint density at radius 1 is 1.08 bits per heavy atom. The predicted molar refractivity (Wildman–Crippen MR) is 103 cm³/mol. The molecule has 1 heterocycles. The number of anilines is 1. The number of rotatable bonds is 5. The Bertz CT molecular complexity index is 683. The molecule has 1 saturated heterocycles. The zero-order chi connectivity index (χ0) is 17.5. The van der Waals surface area contributed by atoms with Crippen LogP contribution in [0.25, 0.3) is 0 Å². The van der Waals surface area contributed by atoms with Crippen LogP contribution in [0, 0.1) is 6.92 Å². The zero-order valence-electron chi connectivity index (χ0n) is 14.5. The zero-order valence-corrected chi connectivity index (χ0v) is 15.3. The van der Waals surface area contributed by atoms with Crippen molar-refractivity contribution in [2.75, 3.05) is 25.1 Å². The first-order chi connectivity index (χ1) is 12.2. The smallest absolute Gasteiger partial charge is 0.319 e. The normalized spacial score (nSPS) is 16.2. The molecule has 2 aromatic carbocycles. The summed E-state index contributed by atoms with van der Waals surface area (Å²) in [5, 5.41) is 5.95. The van der Waals surface area contributed by atoms with E-state index in [0.717, 1.165) is 31.7 Å². The van der Waals surface area contributed by atoms with Gasteiger partial charge in [-0.3, -0.25) is 0 Å². The topological polar surface area (TPSA) is 50.4 Å². The van der Waals surface area contributed by atoms with Crippen molar-refractivity contribution in [3.05, 3.63) is 60.2 Å². The van der Waals surface area contributed by atoms with E-state index in [1.54, 1.807) is 0 Å². The quantitative estimate of drug-likeness (QED) is 0.832. The lowest BCUT2D eigenvalue weighted by atomic mass is 9.99. The lowest BCUT2D eigenvalue weighted by Crippen LogP contribution is -2.45. The molecule has 3 rings (SSSR count). The highest BCUT2D eigenvalue weighted by molar-refractivity contribution is 8.00. The number of carbonyl (C=O) groups excluding carboxylic acids is 1. The van der Waals surface area contributed by atoms with Crippen molar-refractivity contribution in [2.45, 2.75) is 29.4 Å². The Morgan fingerprint density at radius 2 is 1.76 bits per heavy atom. The molecule has 0 atom stereocenters. The average molecular weight is 356 g/mol. The summed E-state index contributed by atoms with van der Waals surface area (Å²) >= 11 is 1.84. The monoisotopic (exact) mass is 356 g/mol. The minimum atomic E-state index is -0.164. The second-order valence-electron chi connectivity index (χ2n) is 6.38. The van der Waals surface area contributed by atoms with Crippen LogP contribution in [0.3, 0.4) is 0 Å². The fraction of sp³-hybridized carbons (Fsp3) is 0.350. The van der Waals surface area contributed by atoms with E-state index >= 15 is 0 Å². The molecule has 0 unspecified atom stereocenters. The van der Waals surface area contributed by atoms with Crippen molar-refractivity contribution in [3.8, 4) is 0 Å². The number of thioether (sulfide) groups is 1. The molecule has 1 aliphatic heterocycles. The molecule has 2 amide bonds. The Balaban J connectivity index is 1.60. The highest BCUT2D eigenvalue weighted by Crippen LogP contribution is 2.40. The van der Waals surface area contributed by atoms with Gasteiger partial charge in [-0.15, -0.1) is 11.8 Å². The molecule has 25 heavy (non-hydrogen) atoms. The van der Waals surface area contributed by atoms with Gasteiger partial charge in [-0.1, -0.05) is 35.9 Å². The van der Waals surface area contributed by atoms with Gasteiger partial charge in [-0.25, -0.2) is 4.79 Å². The number of hydrogen-bond acceptors (Lipinski definition) is 3. The van der Waals surface area contributed by atoms with Crippen molar-refractivity contribution in [3.63, 3.8) is 0 Å². The molecule has 0 aromatic heterocycles. The summed E-state index contributed by atoms with van der Waals surface area (Å²) in [6.45, 7) is 4.12. The third-order valence-electron chi connectivity index (χ3n) is 4.36. The Kier molecular flexibility index (Phi) is 6.00. The van der Waals surface area contributed by atoms with Gasteiger partial charge >= 0.3 is 6.03 Å². The Morgan fingerprint density at radius 3 is 2.44 bits per heavy atom. The molecule has 0 aliphatic carbocycles. The largest absolute Gasteiger partial charge is 0.381 e. The molecule has 1 aliphatic rings. The first kappa shape index (κ1) is 17.8. The average Bonchev–Trinajstić information content (AvgIpc) is 2.64. The van der Waals surface area contributed by atoms with Gasteiger partial charge < -0.3 is 15.4 Å². The van der Waals surface area contributed by atoms with Gasteiger partial charge in [-0.05, 0) is 44.0 Å². The van der Waals surface area contributed by atoms with Crippen molar-refractivity contribution < 1.29 is 9.53 Å². The van der Waals surface area contributed by atoms with Gasteiger partial charge in [0.1, 0.15) is 0 Å². The Labute approximate surface area is 153 Å². The van der Waals surface area contributed by atoms with E-state index in [1.807, 2.05) is 61.2 Å². The van der Waals surface area contributed by atoms with Gasteiger partial charge in [0, 0.05) is 35.1 Å². The van der Waals surface area contributed by atoms with Crippen LogP contribution in [0.15, 0.2) is 59.5 Å². The maximum absolute atomic E-state index is 12.3. The summed E-state index contributed by atoms with van der Waals surface area (Å²) in [5.74, 6) is 0. The van der Waals surface area contributed by atoms with Gasteiger partial charge in [0.25, 0.3) is 0 Å². The van der Waals surface area contributed by atoms with Gasteiger partial charge in [0.05, 0.1) is 0 Å². The summed E-state index contributed by atoms with van der Waals surface area (Å²) < 4.78 is 5.51. The molecule has 2 N–H and O–H groups in total. The van der Waals surface area contributed by atoms with Crippen LogP contribution < -0.4 is 10.6 Å². The highest BCUT2D eigenvalue weighted by Gasteiger charge is 2.34. The third kappa shape index (κ3) is 5.25. The SMILES string of the molecule is Cc1ccc(NC(=O)NCC2(Sc3ccccc3)CCOCC2)cc1. The summed E-state index contributed by atoms with van der Waals surface area (Å²) in [7, 11) is 0. The van der Waals surface area contributed by atoms with Crippen molar-refractivity contribution >= 4 is 23.5 Å². The van der Waals surface area contributed by atoms with Crippen molar-refractivity contribution in [1.29, 1.82) is 0 Å². The van der Waals surface area contributed by atoms with Crippen LogP contribution in [0.2, 0.25) is 0 Å². The molecule has 0 spiro atoms. The number of aryl methyl sites for hydroxylation is 1. The van der Waals surface area contributed by atoms with Crippen LogP contribution in [0.1, 0.15) is 18.4 Å². The maximum atomic E-state index is 12.3. The summed E-state index contributed by atoms with van der Waals surface area (Å²) in [5.41, 5.74) is 1.98. The standard InChI is InChI=1S/C20H24N2O2S/c1-16-7-9-17(10-8-16)22-19(23)21-15-20(11-13-24-14-12-20)25-18-5-3-2-4-6-18/h2-10H,11-15H2,1H3,(H2,21,22,23). The molecule has 0 radical (unpaired) electrons. The number of hydrogen-bond donors (Lipinski definition) is 2. The van der Waals surface area contributed by atoms with E-state index in [9.17, 15) is 4.79 Å². The molecule has 5 heteroatoms. The maximum Gasteiger partial charge on any atom is 0.319 e. The second kappa shape index (κ2) is 8.41. The predicted octanol–water partition coefficient (Wildman–Crippen LogP) is 4.46. The molecule has 0 bridgehead atoms. The summed E-state index contributed by atoms with van der Waals surface area (Å²) in [6, 6.07) is 18.0. The van der Waals surface area contributed by atoms with Gasteiger partial charge in [0.2, 0.25) is 0 Å². The van der Waals surface area contributed by atoms with Gasteiger partial charge in [-0.2, -0.15) is 0 Å². The van der Waals surface area contributed by atoms with E-state index in [-0.39, 0.29) is 10.8 Å². The number of ether oxygens (including phenoxy) is 1. The Hall–Kier alpha value is -1.98. The van der Waals surface area contributed by atoms with E-state index < -0.39 is 0 Å². The van der Waals surface area contributed by atoms with Crippen molar-refractivity contribution in [2.24, 2.45) is 0 Å². The molecule has 1 fully saturated rings. The molecular formula is C20H24N2O2S. The molecular weight excluding hydrogens is 332 g/mol. The van der Waals surface area contributed by atoms with Crippen LogP contribution in [-0.4, -0.2) is 30.5 Å². The van der Waals surface area contributed by atoms with Crippen LogP contribution in [-0.2, 0) is 4.74 Å². The van der Waals surface area contributed by atoms with Crippen LogP contribution in [0.5, 0.6) is 0 Å². The summed E-state index contributed by atoms with van der Waals surface area (Å²) in [6.07, 6.45) is 1.86. The van der Waals surface area contributed by atoms with Crippen LogP contribution >= 0.6 is 11.8 Å². The van der Waals surface area contributed by atoms with Crippen molar-refractivity contribution in [1.82, 2.24) is 5.32 Å². The van der Waals surface area contributed by atoms with E-state index in [2.05, 4.69) is 22.8 Å². The van der Waals surface area contributed by atoms with E-state index in [0.29, 0.717) is 6.54 Å². The molecule has 4 nitrogen and oxygen atoms in total. The fourth-order valence-corrected chi connectivity index (χ4v) is 4.16. The molecule has 132 valence electrons. The minimum Gasteiger partial charge on any atom is -0.381 e. The number of nitrogens with one attached hydrogen (secondary N) is 2. The van der Waals surface area contributed by atoms with E-state index in [1.165, 1.54) is 10.5 Å². The lowest BCUT2D eigenvalue weighted by molar-refractivity contribution is 0.0777. The van der Waals surface area contributed by atoms with E-state index in [4.69, 9.17) is 4.74 Å². The lowest BCUT2D eigenvalue weighted by Gasteiger charge is -2.36. The first-order valence-electron chi connectivity index (χ1n) is 8.59. The third-order valence-corrected chi connectivity index (χ3v) is 5.86. The highest BCUT2D eigenvalue weighted by atomic mass is 32.2. The number of carbonyl (C=O) groups is 1. The van der Waals surface area contributed by atoms with Crippen LogP contribution in [0.4, 0.5) is 10.5 Å². The number of urea groups is 1. The molecule has 2 aromatic rings. The molecule has 0 saturated carbocycles. The summed E-state index contributed by atoms with van der Waals surface area (Å²) in [4.78, 5) is 13.5. The number of benzene rings is 2. The minimum absolute atomic E-state index is 0.0236. The second-order valence-corrected chi connectivity index (χ2v) is 7.93. The van der Waals surface area contributed by atoms with Gasteiger partial charge in [0.15, 0.2) is 0 Å². The number of amides is 2. The fourth-order valence-electron chi connectivity index (χ4n) is 2.85.